The lowest BCUT2D eigenvalue weighted by Gasteiger charge is -2.32. The van der Waals surface area contributed by atoms with E-state index in [0.29, 0.717) is 0 Å². The molecule has 2 saturated heterocycles. The van der Waals surface area contributed by atoms with Crippen LogP contribution in [0.5, 0.6) is 0 Å². The molecule has 1 unspecified atom stereocenters. The van der Waals surface area contributed by atoms with Crippen LogP contribution >= 0.6 is 0 Å². The van der Waals surface area contributed by atoms with E-state index in [4.69, 9.17) is 14.0 Å². The van der Waals surface area contributed by atoms with Crippen LogP contribution < -0.4 is 5.46 Å². The van der Waals surface area contributed by atoms with Crippen LogP contribution in [-0.4, -0.2) is 34.7 Å². The fourth-order valence-corrected chi connectivity index (χ4v) is 3.67. The van der Waals surface area contributed by atoms with E-state index in [-0.39, 0.29) is 24.5 Å². The van der Waals surface area contributed by atoms with Crippen LogP contribution in [0.2, 0.25) is 0 Å². The summed E-state index contributed by atoms with van der Waals surface area (Å²) in [7, 11) is -0.376. The quantitative estimate of drug-likeness (QED) is 0.786. The molecule has 0 N–H and O–H groups in total. The molecule has 134 valence electrons. The summed E-state index contributed by atoms with van der Waals surface area (Å²) in [5, 5.41) is 5.74. The van der Waals surface area contributed by atoms with Gasteiger partial charge in [-0.2, -0.15) is 5.10 Å². The maximum absolute atomic E-state index is 6.30. The highest BCUT2D eigenvalue weighted by atomic mass is 16.7. The molecule has 0 aliphatic carbocycles. The van der Waals surface area contributed by atoms with Gasteiger partial charge in [0.2, 0.25) is 0 Å². The summed E-state index contributed by atoms with van der Waals surface area (Å²) in [6.07, 6.45) is 5.28. The smallest absolute Gasteiger partial charge is 0.399 e. The van der Waals surface area contributed by atoms with Gasteiger partial charge in [0.15, 0.2) is 6.23 Å². The Labute approximate surface area is 149 Å². The summed E-state index contributed by atoms with van der Waals surface area (Å²) in [4.78, 5) is 0. The second-order valence-corrected chi connectivity index (χ2v) is 8.23. The van der Waals surface area contributed by atoms with Crippen molar-refractivity contribution in [3.8, 4) is 0 Å². The molecule has 2 aromatic rings. The number of aryl methyl sites for hydroxylation is 1. The van der Waals surface area contributed by atoms with Crippen LogP contribution in [0.25, 0.3) is 10.9 Å². The average molecular weight is 342 g/mol. The first kappa shape index (κ1) is 17.1. The van der Waals surface area contributed by atoms with E-state index in [0.717, 1.165) is 41.4 Å². The molecule has 3 heterocycles. The van der Waals surface area contributed by atoms with Crippen molar-refractivity contribution in [1.29, 1.82) is 0 Å². The van der Waals surface area contributed by atoms with Crippen LogP contribution in [0.3, 0.4) is 0 Å². The topological polar surface area (TPSA) is 45.5 Å². The van der Waals surface area contributed by atoms with E-state index in [9.17, 15) is 0 Å². The molecule has 25 heavy (non-hydrogen) atoms. The minimum Gasteiger partial charge on any atom is -0.399 e. The molecule has 0 spiro atoms. The van der Waals surface area contributed by atoms with Crippen molar-refractivity contribution in [3.63, 3.8) is 0 Å². The third-order valence-corrected chi connectivity index (χ3v) is 5.96. The number of ether oxygens (including phenoxy) is 1. The zero-order valence-electron chi connectivity index (χ0n) is 15.8. The molecule has 2 fully saturated rings. The second-order valence-electron chi connectivity index (χ2n) is 8.23. The number of nitrogens with zero attached hydrogens (tertiary/aromatic N) is 2. The minimum atomic E-state index is -0.376. The molecule has 1 atom stereocenters. The lowest BCUT2D eigenvalue weighted by atomic mass is 9.74. The van der Waals surface area contributed by atoms with Crippen molar-refractivity contribution < 1.29 is 14.0 Å². The Bertz CT molecular complexity index is 777. The lowest BCUT2D eigenvalue weighted by Crippen LogP contribution is -2.41. The summed E-state index contributed by atoms with van der Waals surface area (Å²) >= 11 is 0. The molecule has 0 amide bonds. The molecule has 1 aromatic heterocycles. The monoisotopic (exact) mass is 342 g/mol. The van der Waals surface area contributed by atoms with Crippen LogP contribution in [0, 0.1) is 6.92 Å². The summed E-state index contributed by atoms with van der Waals surface area (Å²) in [5.74, 6) is 0. The maximum Gasteiger partial charge on any atom is 0.495 e. The van der Waals surface area contributed by atoms with Gasteiger partial charge >= 0.3 is 7.12 Å². The minimum absolute atomic E-state index is 0.0279. The molecule has 2 aliphatic heterocycles. The zero-order valence-corrected chi connectivity index (χ0v) is 15.8. The van der Waals surface area contributed by atoms with Gasteiger partial charge < -0.3 is 14.0 Å². The normalized spacial score (nSPS) is 25.6. The predicted molar refractivity (Wildman–Crippen MR) is 99.0 cm³/mol. The molecular weight excluding hydrogens is 315 g/mol. The maximum atomic E-state index is 6.30. The number of benzene rings is 1. The lowest BCUT2D eigenvalue weighted by molar-refractivity contribution is -0.0366. The van der Waals surface area contributed by atoms with Crippen molar-refractivity contribution >= 4 is 23.5 Å². The Morgan fingerprint density at radius 2 is 1.84 bits per heavy atom. The Hall–Kier alpha value is -1.37. The van der Waals surface area contributed by atoms with Gasteiger partial charge in [-0.25, -0.2) is 4.68 Å². The van der Waals surface area contributed by atoms with Crippen LogP contribution in [0.4, 0.5) is 0 Å². The molecule has 1 aromatic carbocycles. The fourth-order valence-electron chi connectivity index (χ4n) is 3.67. The van der Waals surface area contributed by atoms with Gasteiger partial charge in [-0.15, -0.1) is 0 Å². The second kappa shape index (κ2) is 5.83. The van der Waals surface area contributed by atoms with Crippen LogP contribution in [0.15, 0.2) is 18.3 Å². The first-order valence-electron chi connectivity index (χ1n) is 9.24. The van der Waals surface area contributed by atoms with E-state index >= 15 is 0 Å². The highest BCUT2D eigenvalue weighted by Crippen LogP contribution is 2.37. The average Bonchev–Trinajstić information content (AvgIpc) is 3.06. The van der Waals surface area contributed by atoms with Gasteiger partial charge in [-0.3, -0.25) is 0 Å². The first-order chi connectivity index (χ1) is 11.8. The molecule has 4 rings (SSSR count). The van der Waals surface area contributed by atoms with Gasteiger partial charge in [0.1, 0.15) is 0 Å². The molecule has 0 bridgehead atoms. The highest BCUT2D eigenvalue weighted by molar-refractivity contribution is 6.65. The Morgan fingerprint density at radius 1 is 1.12 bits per heavy atom. The summed E-state index contributed by atoms with van der Waals surface area (Å²) in [5.41, 5.74) is 2.62. The van der Waals surface area contributed by atoms with E-state index < -0.39 is 0 Å². The zero-order chi connectivity index (χ0) is 17.8. The third kappa shape index (κ3) is 2.71. The predicted octanol–water partition coefficient (Wildman–Crippen LogP) is 3.34. The van der Waals surface area contributed by atoms with Crippen molar-refractivity contribution in [2.24, 2.45) is 0 Å². The Morgan fingerprint density at radius 3 is 2.48 bits per heavy atom. The number of fused-ring (bicyclic) bond motifs is 1. The first-order valence-corrected chi connectivity index (χ1v) is 9.24. The van der Waals surface area contributed by atoms with E-state index in [1.165, 1.54) is 6.42 Å². The van der Waals surface area contributed by atoms with Crippen molar-refractivity contribution in [3.05, 3.63) is 23.9 Å². The van der Waals surface area contributed by atoms with E-state index in [2.05, 4.69) is 51.9 Å². The molecule has 0 saturated carbocycles. The van der Waals surface area contributed by atoms with Crippen molar-refractivity contribution in [1.82, 2.24) is 9.78 Å². The molecule has 2 aliphatic rings. The summed E-state index contributed by atoms with van der Waals surface area (Å²) in [6.45, 7) is 11.3. The fraction of sp³-hybridized carbons (Fsp3) is 0.632. The Kier molecular flexibility index (Phi) is 3.98. The van der Waals surface area contributed by atoms with Crippen LogP contribution in [-0.2, 0) is 14.0 Å². The number of aromatic nitrogens is 2. The van der Waals surface area contributed by atoms with Crippen molar-refractivity contribution in [2.45, 2.75) is 71.3 Å². The summed E-state index contributed by atoms with van der Waals surface area (Å²) < 4.78 is 20.6. The highest BCUT2D eigenvalue weighted by Gasteiger charge is 2.52. The number of hydrogen-bond donors (Lipinski definition) is 0. The van der Waals surface area contributed by atoms with Gasteiger partial charge in [0, 0.05) is 12.0 Å². The van der Waals surface area contributed by atoms with Gasteiger partial charge in [-0.1, -0.05) is 11.6 Å². The summed E-state index contributed by atoms with van der Waals surface area (Å²) in [6, 6.07) is 4.26. The Balaban J connectivity index is 1.77. The van der Waals surface area contributed by atoms with E-state index in [1.54, 1.807) is 0 Å². The third-order valence-electron chi connectivity index (χ3n) is 5.96. The number of hydrogen-bond acceptors (Lipinski definition) is 4. The standard InChI is InChI=1S/C19H27BN2O3/c1-13-9-10-15-14(12-21-22(15)16-8-6-7-11-23-16)17(13)20-24-18(2,3)19(4,5)25-20/h9-10,12,16H,6-8,11H2,1-5H3. The largest absolute Gasteiger partial charge is 0.495 e. The molecule has 5 nitrogen and oxygen atoms in total. The van der Waals surface area contributed by atoms with Crippen LogP contribution in [0.1, 0.15) is 58.7 Å². The molecular formula is C19H27BN2O3. The molecule has 0 radical (unpaired) electrons. The van der Waals surface area contributed by atoms with Gasteiger partial charge in [0.05, 0.1) is 22.9 Å². The van der Waals surface area contributed by atoms with Crippen molar-refractivity contribution in [2.75, 3.05) is 6.61 Å². The van der Waals surface area contributed by atoms with Gasteiger partial charge in [-0.05, 0) is 65.4 Å². The number of rotatable bonds is 2. The van der Waals surface area contributed by atoms with Gasteiger partial charge in [0.25, 0.3) is 0 Å². The molecule has 6 heteroatoms. The SMILES string of the molecule is Cc1ccc2c(cnn2C2CCCCO2)c1B1OC(C)(C)C(C)(C)O1. The van der Waals surface area contributed by atoms with E-state index in [1.807, 2.05) is 10.9 Å².